The summed E-state index contributed by atoms with van der Waals surface area (Å²) in [6.07, 6.45) is -72.8. The maximum absolute atomic E-state index is 14.3. The van der Waals surface area contributed by atoms with Crippen LogP contribution in [0.1, 0.15) is 51.4 Å². The van der Waals surface area contributed by atoms with Gasteiger partial charge in [-0.05, 0) is 25.7 Å². The molecule has 0 saturated heterocycles. The summed E-state index contributed by atoms with van der Waals surface area (Å²) in [5, 5.41) is 41.0. The Hall–Kier alpha value is -4.68. The summed E-state index contributed by atoms with van der Waals surface area (Å²) < 4.78 is 467. The van der Waals surface area contributed by atoms with E-state index in [1.807, 2.05) is 18.9 Å². The van der Waals surface area contributed by atoms with Gasteiger partial charge in [-0.2, -0.15) is 140 Å². The molecule has 16 nitrogen and oxygen atoms in total. The van der Waals surface area contributed by atoms with Gasteiger partial charge in [0.2, 0.25) is 0 Å². The molecule has 0 aromatic rings. The summed E-state index contributed by atoms with van der Waals surface area (Å²) in [6, 6.07) is 0. The molecule has 0 heterocycles. The topological polar surface area (TPSA) is 234 Å². The maximum atomic E-state index is 14.3. The van der Waals surface area contributed by atoms with Crippen molar-refractivity contribution in [2.45, 2.75) is 148 Å². The molecule has 504 valence electrons. The highest BCUT2D eigenvalue weighted by Crippen LogP contribution is 2.51. The van der Waals surface area contributed by atoms with E-state index in [4.69, 9.17) is 18.9 Å². The van der Waals surface area contributed by atoms with Crippen LogP contribution < -0.4 is 20.4 Å². The standard InChI is InChI=1S/C37H36F32O16/c38-22(39,30(54,55)82-34(62,63)26(46,47)17(70)71)5-1-9-78-13-21(14-79-10-2-6-23(40,41)31(56,57)83-35(64,65)27(48,49)18(72)73,15-80-11-3-7-24(42,43)32(58,59)84-36(66,67)28(50,51)19(74)75)16-81-12-4-8-25(44,45)33(60,61)85-37(68,69)29(52,53)20(76)77/h1-16H2,(H,70,71)(H,72,73)(H,74,75)(H,76,77)/p-4. The number of alkyl halides is 32. The van der Waals surface area contributed by atoms with E-state index in [1.54, 1.807) is 0 Å². The molecule has 0 rings (SSSR count). The lowest BCUT2D eigenvalue weighted by Gasteiger charge is -2.34. The molecule has 85 heavy (non-hydrogen) atoms. The molecule has 0 aliphatic rings. The Bertz CT molecular complexity index is 1910. The van der Waals surface area contributed by atoms with Gasteiger partial charge in [-0.15, -0.1) is 0 Å². The van der Waals surface area contributed by atoms with Gasteiger partial charge in [-0.3, -0.25) is 0 Å². The molecule has 0 spiro atoms. The van der Waals surface area contributed by atoms with E-state index in [0.29, 0.717) is 0 Å². The number of rotatable bonds is 44. The second kappa shape index (κ2) is 27.4. The van der Waals surface area contributed by atoms with Gasteiger partial charge in [0.25, 0.3) is 0 Å². The van der Waals surface area contributed by atoms with Gasteiger partial charge in [0.05, 0.1) is 31.8 Å². The fourth-order valence-electron chi connectivity index (χ4n) is 5.25. The van der Waals surface area contributed by atoms with Crippen molar-refractivity contribution in [3.05, 3.63) is 0 Å². The average molecular weight is 1340 g/mol. The average Bonchev–Trinajstić information content (AvgIpc) is 3.52. The molecule has 0 N–H and O–H groups in total. The molecular weight excluding hydrogens is 1310 g/mol. The first-order chi connectivity index (χ1) is 37.4. The number of aliphatic carboxylic acids is 4. The monoisotopic (exact) mass is 1340 g/mol. The van der Waals surface area contributed by atoms with E-state index in [2.05, 4.69) is 0 Å². The first-order valence-electron chi connectivity index (χ1n) is 21.5. The number of halogens is 32. The smallest absolute Gasteiger partial charge is 0.429 e. The predicted octanol–water partition coefficient (Wildman–Crippen LogP) is 6.05. The SMILES string of the molecule is O=C([O-])C(F)(F)C(F)(F)OC(F)(F)C(F)(F)CCCOCC(COCCCC(F)(F)C(F)(F)OC(F)(F)C(F)(F)C(=O)[O-])(COCCCC(F)(F)C(F)(F)OC(F)(F)C(F)(F)C(=O)[O-])COCCCC(F)(F)C(F)(F)OC(F)(F)C(F)(F)C(=O)[O-]. The summed E-state index contributed by atoms with van der Waals surface area (Å²) >= 11 is 0. The van der Waals surface area contributed by atoms with Crippen LogP contribution in [0.3, 0.4) is 0 Å². The zero-order chi connectivity index (χ0) is 67.8. The largest absolute Gasteiger partial charge is 0.544 e. The van der Waals surface area contributed by atoms with Crippen LogP contribution in [-0.2, 0) is 57.1 Å². The molecule has 0 aromatic carbocycles. The van der Waals surface area contributed by atoms with Crippen molar-refractivity contribution in [1.29, 1.82) is 0 Å². The van der Waals surface area contributed by atoms with Gasteiger partial charge in [0.15, 0.2) is 0 Å². The molecule has 0 bridgehead atoms. The van der Waals surface area contributed by atoms with E-state index in [0.717, 1.165) is 0 Å². The number of carboxylic acid groups (broad SMARTS) is 4. The Labute approximate surface area is 448 Å². The van der Waals surface area contributed by atoms with Crippen LogP contribution in [0, 0.1) is 5.41 Å². The van der Waals surface area contributed by atoms with Gasteiger partial charge < -0.3 is 58.6 Å². The summed E-state index contributed by atoms with van der Waals surface area (Å²) in [5.74, 6) is -68.3. The minimum atomic E-state index is -7.01. The molecule has 0 aliphatic carbocycles. The zero-order valence-corrected chi connectivity index (χ0v) is 40.4. The first-order valence-corrected chi connectivity index (χ1v) is 21.5. The highest BCUT2D eigenvalue weighted by Gasteiger charge is 2.73. The Morgan fingerprint density at radius 1 is 0.247 bits per heavy atom. The van der Waals surface area contributed by atoms with Crippen molar-refractivity contribution in [1.82, 2.24) is 0 Å². The van der Waals surface area contributed by atoms with E-state index < -0.39 is 230 Å². The van der Waals surface area contributed by atoms with E-state index in [-0.39, 0.29) is 0 Å². The van der Waals surface area contributed by atoms with Gasteiger partial charge >= 0.3 is 96.2 Å². The van der Waals surface area contributed by atoms with Crippen molar-refractivity contribution in [2.24, 2.45) is 5.41 Å². The lowest BCUT2D eigenvalue weighted by molar-refractivity contribution is -0.472. The number of carbonyl (C=O) groups excluding carboxylic acids is 4. The molecule has 0 saturated carbocycles. The first kappa shape index (κ1) is 80.3. The van der Waals surface area contributed by atoms with Crippen LogP contribution in [0.2, 0.25) is 0 Å². The Morgan fingerprint density at radius 2 is 0.388 bits per heavy atom. The number of hydrogen-bond donors (Lipinski definition) is 0. The van der Waals surface area contributed by atoms with Crippen molar-refractivity contribution in [3.63, 3.8) is 0 Å². The van der Waals surface area contributed by atoms with Crippen LogP contribution in [0.25, 0.3) is 0 Å². The normalized spacial score (nSPS) is 15.2. The van der Waals surface area contributed by atoms with Gasteiger partial charge in [-0.25, -0.2) is 18.9 Å². The van der Waals surface area contributed by atoms with E-state index in [9.17, 15) is 180 Å². The second-order valence-corrected chi connectivity index (χ2v) is 16.9. The number of hydrogen-bond acceptors (Lipinski definition) is 16. The fourth-order valence-corrected chi connectivity index (χ4v) is 5.25. The van der Waals surface area contributed by atoms with Gasteiger partial charge in [-0.1, -0.05) is 0 Å². The number of ether oxygens (including phenoxy) is 8. The fraction of sp³-hybridized carbons (Fsp3) is 0.892. The van der Waals surface area contributed by atoms with Crippen LogP contribution in [0.5, 0.6) is 0 Å². The van der Waals surface area contributed by atoms with Crippen LogP contribution >= 0.6 is 0 Å². The molecule has 0 unspecified atom stereocenters. The number of carboxylic acids is 4. The molecule has 0 atom stereocenters. The molecule has 0 aliphatic heterocycles. The van der Waals surface area contributed by atoms with Crippen molar-refractivity contribution in [2.75, 3.05) is 52.9 Å². The Morgan fingerprint density at radius 3 is 0.518 bits per heavy atom. The van der Waals surface area contributed by atoms with Crippen molar-refractivity contribution in [3.8, 4) is 0 Å². The Balaban J connectivity index is 7.12. The van der Waals surface area contributed by atoms with Crippen LogP contribution in [-0.4, -0.2) is 173 Å². The van der Waals surface area contributed by atoms with Gasteiger partial charge in [0, 0.05) is 52.1 Å². The minimum Gasteiger partial charge on any atom is -0.544 e. The summed E-state index contributed by atoms with van der Waals surface area (Å²) in [6.45, 7) is -13.3. The Kier molecular flexibility index (Phi) is 25.9. The summed E-state index contributed by atoms with van der Waals surface area (Å²) in [5.41, 5.74) is -2.86. The number of carbonyl (C=O) groups is 4. The summed E-state index contributed by atoms with van der Waals surface area (Å²) in [4.78, 5) is 41.0. The molecule has 0 amide bonds. The molecule has 0 aromatic heterocycles. The molecule has 0 fully saturated rings. The van der Waals surface area contributed by atoms with Crippen molar-refractivity contribution < 1.29 is 218 Å². The third-order valence-electron chi connectivity index (χ3n) is 9.97. The lowest BCUT2D eigenvalue weighted by Crippen LogP contribution is -2.59. The maximum Gasteiger partial charge on any atom is 0.429 e. The lowest BCUT2D eigenvalue weighted by atomic mass is 9.92. The van der Waals surface area contributed by atoms with Crippen LogP contribution in [0.15, 0.2) is 0 Å². The predicted molar refractivity (Wildman–Crippen MR) is 186 cm³/mol. The minimum absolute atomic E-state index is 1.65. The quantitative estimate of drug-likeness (QED) is 0.0499. The molecule has 48 heteroatoms. The molecule has 0 radical (unpaired) electrons. The van der Waals surface area contributed by atoms with Crippen LogP contribution in [0.4, 0.5) is 140 Å². The molecular formula is C37H32F32O16-4. The van der Waals surface area contributed by atoms with E-state index in [1.165, 1.54) is 0 Å². The van der Waals surface area contributed by atoms with E-state index >= 15 is 0 Å². The third kappa shape index (κ3) is 19.7. The highest BCUT2D eigenvalue weighted by molar-refractivity contribution is 5.75. The zero-order valence-electron chi connectivity index (χ0n) is 40.4. The summed E-state index contributed by atoms with van der Waals surface area (Å²) in [7, 11) is 0. The second-order valence-electron chi connectivity index (χ2n) is 16.9. The van der Waals surface area contributed by atoms with Gasteiger partial charge in [0.1, 0.15) is 23.9 Å². The van der Waals surface area contributed by atoms with Crippen molar-refractivity contribution >= 4 is 23.9 Å². The third-order valence-corrected chi connectivity index (χ3v) is 9.97. The highest BCUT2D eigenvalue weighted by atomic mass is 19.4.